The summed E-state index contributed by atoms with van der Waals surface area (Å²) in [7, 11) is -1.99. The number of rotatable bonds is 10. The first kappa shape index (κ1) is 24.8. The SMILES string of the molecule is CCOC(=O)CCCNC(=O)COC(=O)C1CCN(S(=O)(=O)c2cn(C)c(C)n2)CC1. The number of piperidine rings is 1. The first-order valence-electron chi connectivity index (χ1n) is 10.2. The van der Waals surface area contributed by atoms with Crippen molar-refractivity contribution in [3.05, 3.63) is 12.0 Å². The molecule has 0 aliphatic carbocycles. The van der Waals surface area contributed by atoms with E-state index in [9.17, 15) is 22.8 Å². The number of ether oxygens (including phenoxy) is 2. The Labute approximate surface area is 182 Å². The van der Waals surface area contributed by atoms with Crippen LogP contribution in [0.1, 0.15) is 38.4 Å². The Morgan fingerprint density at radius 1 is 1.23 bits per heavy atom. The zero-order valence-electron chi connectivity index (χ0n) is 18.1. The van der Waals surface area contributed by atoms with Gasteiger partial charge in [0, 0.05) is 39.3 Å². The first-order valence-corrected chi connectivity index (χ1v) is 11.7. The van der Waals surface area contributed by atoms with E-state index in [2.05, 4.69) is 10.3 Å². The minimum absolute atomic E-state index is 0.00634. The van der Waals surface area contributed by atoms with Crippen LogP contribution < -0.4 is 5.32 Å². The number of imidazole rings is 1. The second kappa shape index (κ2) is 11.2. The molecule has 1 aliphatic rings. The third kappa shape index (κ3) is 7.03. The molecule has 1 aromatic heterocycles. The summed E-state index contributed by atoms with van der Waals surface area (Å²) in [6.07, 6.45) is 2.72. The van der Waals surface area contributed by atoms with Crippen LogP contribution in [0.4, 0.5) is 0 Å². The Morgan fingerprint density at radius 3 is 2.48 bits per heavy atom. The van der Waals surface area contributed by atoms with Gasteiger partial charge in [0.05, 0.1) is 12.5 Å². The molecule has 1 amide bonds. The maximum absolute atomic E-state index is 12.7. The maximum atomic E-state index is 12.7. The van der Waals surface area contributed by atoms with Crippen LogP contribution in [0.2, 0.25) is 0 Å². The summed E-state index contributed by atoms with van der Waals surface area (Å²) < 4.78 is 38.2. The van der Waals surface area contributed by atoms with Crippen LogP contribution in [0, 0.1) is 12.8 Å². The molecule has 0 atom stereocenters. The first-order chi connectivity index (χ1) is 14.6. The van der Waals surface area contributed by atoms with Crippen molar-refractivity contribution in [1.29, 1.82) is 0 Å². The highest BCUT2D eigenvalue weighted by molar-refractivity contribution is 7.89. The predicted molar refractivity (Wildman–Crippen MR) is 109 cm³/mol. The molecule has 1 saturated heterocycles. The molecule has 11 nitrogen and oxygen atoms in total. The van der Waals surface area contributed by atoms with Gasteiger partial charge >= 0.3 is 11.9 Å². The van der Waals surface area contributed by atoms with Crippen molar-refractivity contribution < 1.29 is 32.3 Å². The van der Waals surface area contributed by atoms with Crippen molar-refractivity contribution in [3.8, 4) is 0 Å². The quantitative estimate of drug-likeness (QED) is 0.386. The standard InChI is InChI=1S/C19H30N4O7S/c1-4-29-18(25)6-5-9-20-16(24)13-30-19(26)15-7-10-23(11-8-15)31(27,28)17-12-22(3)14(2)21-17/h12,15H,4-11,13H2,1-3H3,(H,20,24). The normalized spacial score (nSPS) is 15.5. The lowest BCUT2D eigenvalue weighted by Crippen LogP contribution is -2.41. The van der Waals surface area contributed by atoms with Crippen LogP contribution in [0.15, 0.2) is 11.2 Å². The number of carbonyl (C=O) groups is 3. The fourth-order valence-corrected chi connectivity index (χ4v) is 4.61. The smallest absolute Gasteiger partial charge is 0.309 e. The third-order valence-electron chi connectivity index (χ3n) is 5.01. The lowest BCUT2D eigenvalue weighted by atomic mass is 9.98. The van der Waals surface area contributed by atoms with Gasteiger partial charge in [0.25, 0.3) is 15.9 Å². The van der Waals surface area contributed by atoms with Crippen LogP contribution in [-0.4, -0.2) is 73.0 Å². The molecule has 12 heteroatoms. The van der Waals surface area contributed by atoms with Gasteiger partial charge in [-0.1, -0.05) is 0 Å². The predicted octanol–water partition coefficient (Wildman–Crippen LogP) is 0.132. The van der Waals surface area contributed by atoms with Crippen LogP contribution in [0.25, 0.3) is 0 Å². The van der Waals surface area contributed by atoms with E-state index in [1.165, 1.54) is 10.5 Å². The molecular weight excluding hydrogens is 428 g/mol. The molecule has 1 N–H and O–H groups in total. The number of nitrogens with one attached hydrogen (secondary N) is 1. The fourth-order valence-electron chi connectivity index (χ4n) is 3.11. The summed E-state index contributed by atoms with van der Waals surface area (Å²) in [5.41, 5.74) is 0. The number of aryl methyl sites for hydroxylation is 2. The molecule has 0 bridgehead atoms. The molecule has 174 valence electrons. The van der Waals surface area contributed by atoms with Crippen LogP contribution in [0.5, 0.6) is 0 Å². The zero-order valence-corrected chi connectivity index (χ0v) is 18.9. The number of esters is 2. The Balaban J connectivity index is 1.71. The Bertz CT molecular complexity index is 870. The van der Waals surface area contributed by atoms with E-state index >= 15 is 0 Å². The van der Waals surface area contributed by atoms with E-state index in [-0.39, 0.29) is 37.1 Å². The minimum atomic E-state index is -3.71. The van der Waals surface area contributed by atoms with Gasteiger partial charge in [0.2, 0.25) is 0 Å². The molecule has 31 heavy (non-hydrogen) atoms. The molecule has 0 saturated carbocycles. The highest BCUT2D eigenvalue weighted by Crippen LogP contribution is 2.24. The molecule has 2 heterocycles. The maximum Gasteiger partial charge on any atom is 0.309 e. The molecule has 0 spiro atoms. The second-order valence-corrected chi connectivity index (χ2v) is 9.17. The molecular formula is C19H30N4O7S. The van der Waals surface area contributed by atoms with E-state index < -0.39 is 34.4 Å². The van der Waals surface area contributed by atoms with Gasteiger partial charge < -0.3 is 19.4 Å². The Kier molecular flexibility index (Phi) is 8.99. The summed E-state index contributed by atoms with van der Waals surface area (Å²) in [6.45, 7) is 3.97. The summed E-state index contributed by atoms with van der Waals surface area (Å²) >= 11 is 0. The summed E-state index contributed by atoms with van der Waals surface area (Å²) in [4.78, 5) is 39.3. The average molecular weight is 459 g/mol. The highest BCUT2D eigenvalue weighted by Gasteiger charge is 2.34. The van der Waals surface area contributed by atoms with E-state index in [1.54, 1.807) is 25.5 Å². The summed E-state index contributed by atoms with van der Waals surface area (Å²) in [5, 5.41) is 2.56. The van der Waals surface area contributed by atoms with E-state index in [1.807, 2.05) is 0 Å². The van der Waals surface area contributed by atoms with E-state index in [0.717, 1.165) is 0 Å². The van der Waals surface area contributed by atoms with Gasteiger partial charge in [-0.05, 0) is 33.1 Å². The second-order valence-electron chi connectivity index (χ2n) is 7.28. The average Bonchev–Trinajstić information content (AvgIpc) is 3.09. The highest BCUT2D eigenvalue weighted by atomic mass is 32.2. The van der Waals surface area contributed by atoms with Gasteiger partial charge in [-0.2, -0.15) is 4.31 Å². The summed E-state index contributed by atoms with van der Waals surface area (Å²) in [6, 6.07) is 0. The lowest BCUT2D eigenvalue weighted by Gasteiger charge is -2.29. The Hall–Kier alpha value is -2.47. The van der Waals surface area contributed by atoms with Crippen molar-refractivity contribution >= 4 is 27.9 Å². The topological polar surface area (TPSA) is 137 Å². The molecule has 0 radical (unpaired) electrons. The van der Waals surface area contributed by atoms with Crippen molar-refractivity contribution in [2.75, 3.05) is 32.8 Å². The van der Waals surface area contributed by atoms with Gasteiger partial charge in [-0.3, -0.25) is 14.4 Å². The number of carbonyl (C=O) groups excluding carboxylic acids is 3. The Morgan fingerprint density at radius 2 is 1.90 bits per heavy atom. The minimum Gasteiger partial charge on any atom is -0.466 e. The zero-order chi connectivity index (χ0) is 23.0. The molecule has 2 rings (SSSR count). The largest absolute Gasteiger partial charge is 0.466 e. The van der Waals surface area contributed by atoms with Crippen molar-refractivity contribution in [2.24, 2.45) is 13.0 Å². The van der Waals surface area contributed by atoms with Gasteiger partial charge in [-0.15, -0.1) is 0 Å². The van der Waals surface area contributed by atoms with Crippen molar-refractivity contribution in [2.45, 2.75) is 44.6 Å². The van der Waals surface area contributed by atoms with Crippen molar-refractivity contribution in [1.82, 2.24) is 19.2 Å². The molecule has 0 aromatic carbocycles. The van der Waals surface area contributed by atoms with E-state index in [4.69, 9.17) is 9.47 Å². The molecule has 1 aromatic rings. The number of amides is 1. The van der Waals surface area contributed by atoms with E-state index in [0.29, 0.717) is 31.7 Å². The lowest BCUT2D eigenvalue weighted by molar-refractivity contribution is -0.153. The molecule has 0 unspecified atom stereocenters. The number of aromatic nitrogens is 2. The summed E-state index contributed by atoms with van der Waals surface area (Å²) in [5.74, 6) is -1.17. The number of nitrogens with zero attached hydrogens (tertiary/aromatic N) is 3. The van der Waals surface area contributed by atoms with Gasteiger partial charge in [0.1, 0.15) is 5.82 Å². The number of sulfonamides is 1. The molecule has 1 aliphatic heterocycles. The van der Waals surface area contributed by atoms with Crippen LogP contribution >= 0.6 is 0 Å². The van der Waals surface area contributed by atoms with Crippen LogP contribution in [0.3, 0.4) is 0 Å². The van der Waals surface area contributed by atoms with Gasteiger partial charge in [-0.25, -0.2) is 13.4 Å². The van der Waals surface area contributed by atoms with Gasteiger partial charge in [0.15, 0.2) is 11.6 Å². The number of hydrogen-bond acceptors (Lipinski definition) is 8. The monoisotopic (exact) mass is 458 g/mol. The van der Waals surface area contributed by atoms with Crippen LogP contribution in [-0.2, 0) is 40.9 Å². The fraction of sp³-hybridized carbons (Fsp3) is 0.684. The van der Waals surface area contributed by atoms with Crippen molar-refractivity contribution in [3.63, 3.8) is 0 Å². The number of hydrogen-bond donors (Lipinski definition) is 1. The third-order valence-corrected chi connectivity index (χ3v) is 6.78. The molecule has 1 fully saturated rings.